The van der Waals surface area contributed by atoms with Gasteiger partial charge in [-0.2, -0.15) is 0 Å². The highest BCUT2D eigenvalue weighted by Gasteiger charge is 2.11. The Labute approximate surface area is 126 Å². The Balaban J connectivity index is 2.02. The van der Waals surface area contributed by atoms with E-state index in [0.717, 1.165) is 0 Å². The SMILES string of the molecule is CNC(COc1cccc(F)c1)c1ccc(C(C)C)cc1. The van der Waals surface area contributed by atoms with Crippen molar-refractivity contribution in [1.82, 2.24) is 5.32 Å². The number of halogens is 1. The van der Waals surface area contributed by atoms with E-state index in [-0.39, 0.29) is 11.9 Å². The first-order chi connectivity index (χ1) is 10.1. The fraction of sp³-hybridized carbons (Fsp3) is 0.333. The number of hydrogen-bond acceptors (Lipinski definition) is 2. The molecule has 0 bridgehead atoms. The van der Waals surface area contributed by atoms with Crippen LogP contribution in [0.25, 0.3) is 0 Å². The third kappa shape index (κ3) is 4.30. The van der Waals surface area contributed by atoms with Gasteiger partial charge in [0.2, 0.25) is 0 Å². The van der Waals surface area contributed by atoms with Crippen LogP contribution in [0.5, 0.6) is 5.75 Å². The van der Waals surface area contributed by atoms with Gasteiger partial charge in [0.15, 0.2) is 0 Å². The van der Waals surface area contributed by atoms with E-state index in [0.29, 0.717) is 18.3 Å². The molecule has 0 amide bonds. The van der Waals surface area contributed by atoms with E-state index in [1.54, 1.807) is 12.1 Å². The van der Waals surface area contributed by atoms with Gasteiger partial charge in [-0.25, -0.2) is 4.39 Å². The Morgan fingerprint density at radius 2 is 1.71 bits per heavy atom. The zero-order valence-electron chi connectivity index (χ0n) is 12.8. The molecule has 0 saturated carbocycles. The molecule has 2 aromatic carbocycles. The monoisotopic (exact) mass is 287 g/mol. The molecule has 2 nitrogen and oxygen atoms in total. The van der Waals surface area contributed by atoms with E-state index in [9.17, 15) is 4.39 Å². The predicted molar refractivity (Wildman–Crippen MR) is 84.2 cm³/mol. The summed E-state index contributed by atoms with van der Waals surface area (Å²) in [6.07, 6.45) is 0. The summed E-state index contributed by atoms with van der Waals surface area (Å²) >= 11 is 0. The van der Waals surface area contributed by atoms with Gasteiger partial charge in [0.1, 0.15) is 18.2 Å². The van der Waals surface area contributed by atoms with Crippen molar-refractivity contribution < 1.29 is 9.13 Å². The van der Waals surface area contributed by atoms with E-state index in [1.807, 2.05) is 7.05 Å². The van der Waals surface area contributed by atoms with Crippen molar-refractivity contribution in [1.29, 1.82) is 0 Å². The highest BCUT2D eigenvalue weighted by molar-refractivity contribution is 5.27. The molecular weight excluding hydrogens is 265 g/mol. The minimum atomic E-state index is -0.283. The first-order valence-corrected chi connectivity index (χ1v) is 7.25. The summed E-state index contributed by atoms with van der Waals surface area (Å²) in [6, 6.07) is 14.8. The van der Waals surface area contributed by atoms with E-state index in [4.69, 9.17) is 4.74 Å². The Hall–Kier alpha value is -1.87. The highest BCUT2D eigenvalue weighted by atomic mass is 19.1. The molecule has 0 fully saturated rings. The summed E-state index contributed by atoms with van der Waals surface area (Å²) in [5, 5.41) is 3.23. The van der Waals surface area contributed by atoms with Gasteiger partial charge in [-0.3, -0.25) is 0 Å². The average molecular weight is 287 g/mol. The molecule has 0 aliphatic rings. The normalized spacial score (nSPS) is 12.4. The van der Waals surface area contributed by atoms with Gasteiger partial charge < -0.3 is 10.1 Å². The molecule has 1 atom stereocenters. The third-order valence-electron chi connectivity index (χ3n) is 3.57. The van der Waals surface area contributed by atoms with Crippen molar-refractivity contribution >= 4 is 0 Å². The van der Waals surface area contributed by atoms with Crippen LogP contribution in [0.2, 0.25) is 0 Å². The maximum Gasteiger partial charge on any atom is 0.126 e. The number of rotatable bonds is 6. The molecule has 0 heterocycles. The van der Waals surface area contributed by atoms with E-state index in [1.165, 1.54) is 23.3 Å². The zero-order valence-corrected chi connectivity index (χ0v) is 12.8. The molecule has 0 saturated heterocycles. The fourth-order valence-corrected chi connectivity index (χ4v) is 2.20. The average Bonchev–Trinajstić information content (AvgIpc) is 2.48. The van der Waals surface area contributed by atoms with Crippen LogP contribution in [0.4, 0.5) is 4.39 Å². The van der Waals surface area contributed by atoms with Crippen molar-refractivity contribution in [3.8, 4) is 5.75 Å². The lowest BCUT2D eigenvalue weighted by Crippen LogP contribution is -2.23. The van der Waals surface area contributed by atoms with Gasteiger partial charge in [0.25, 0.3) is 0 Å². The first-order valence-electron chi connectivity index (χ1n) is 7.25. The molecule has 0 aliphatic carbocycles. The van der Waals surface area contributed by atoms with Crippen molar-refractivity contribution in [2.24, 2.45) is 0 Å². The summed E-state index contributed by atoms with van der Waals surface area (Å²) < 4.78 is 18.8. The molecule has 21 heavy (non-hydrogen) atoms. The smallest absolute Gasteiger partial charge is 0.126 e. The van der Waals surface area contributed by atoms with Crippen LogP contribution in [0.3, 0.4) is 0 Å². The minimum absolute atomic E-state index is 0.0782. The van der Waals surface area contributed by atoms with Crippen LogP contribution in [-0.2, 0) is 0 Å². The van der Waals surface area contributed by atoms with Crippen molar-refractivity contribution in [2.45, 2.75) is 25.8 Å². The summed E-state index contributed by atoms with van der Waals surface area (Å²) in [4.78, 5) is 0. The first kappa shape index (κ1) is 15.5. The second-order valence-electron chi connectivity index (χ2n) is 5.43. The van der Waals surface area contributed by atoms with Crippen LogP contribution >= 0.6 is 0 Å². The molecular formula is C18H22FNO. The number of ether oxygens (including phenoxy) is 1. The summed E-state index contributed by atoms with van der Waals surface area (Å²) in [5.74, 6) is 0.791. The highest BCUT2D eigenvalue weighted by Crippen LogP contribution is 2.20. The molecule has 2 aromatic rings. The quantitative estimate of drug-likeness (QED) is 0.856. The molecule has 0 aromatic heterocycles. The number of nitrogens with one attached hydrogen (secondary N) is 1. The Morgan fingerprint density at radius 3 is 2.29 bits per heavy atom. The molecule has 1 N–H and O–H groups in total. The molecule has 2 rings (SSSR count). The fourth-order valence-electron chi connectivity index (χ4n) is 2.20. The van der Waals surface area contributed by atoms with Crippen LogP contribution < -0.4 is 10.1 Å². The molecule has 1 unspecified atom stereocenters. The number of likely N-dealkylation sites (N-methyl/N-ethyl adjacent to an activating group) is 1. The van der Waals surface area contributed by atoms with Gasteiger partial charge in [-0.15, -0.1) is 0 Å². The molecule has 3 heteroatoms. The molecule has 0 spiro atoms. The van der Waals surface area contributed by atoms with Crippen LogP contribution in [0.1, 0.15) is 36.9 Å². The lowest BCUT2D eigenvalue weighted by molar-refractivity contribution is 0.272. The lowest BCUT2D eigenvalue weighted by atomic mass is 9.99. The molecule has 0 aliphatic heterocycles. The topological polar surface area (TPSA) is 21.3 Å². The minimum Gasteiger partial charge on any atom is -0.492 e. The predicted octanol–water partition coefficient (Wildman–Crippen LogP) is 4.29. The van der Waals surface area contributed by atoms with Crippen molar-refractivity contribution in [3.63, 3.8) is 0 Å². The van der Waals surface area contributed by atoms with Gasteiger partial charge >= 0.3 is 0 Å². The summed E-state index contributed by atoms with van der Waals surface area (Å²) in [6.45, 7) is 4.82. The number of benzene rings is 2. The summed E-state index contributed by atoms with van der Waals surface area (Å²) in [5.41, 5.74) is 2.48. The second kappa shape index (κ2) is 7.23. The van der Waals surface area contributed by atoms with Gasteiger partial charge in [-0.05, 0) is 36.2 Å². The standard InChI is InChI=1S/C18H22FNO/c1-13(2)14-7-9-15(10-8-14)18(20-3)12-21-17-6-4-5-16(19)11-17/h4-11,13,18,20H,12H2,1-3H3. The maximum absolute atomic E-state index is 13.1. The van der Waals surface area contributed by atoms with Crippen LogP contribution in [-0.4, -0.2) is 13.7 Å². The number of hydrogen-bond donors (Lipinski definition) is 1. The third-order valence-corrected chi connectivity index (χ3v) is 3.57. The van der Waals surface area contributed by atoms with Crippen molar-refractivity contribution in [2.75, 3.05) is 13.7 Å². The zero-order chi connectivity index (χ0) is 15.2. The molecule has 112 valence electrons. The largest absolute Gasteiger partial charge is 0.492 e. The van der Waals surface area contributed by atoms with Gasteiger partial charge in [0.05, 0.1) is 6.04 Å². The lowest BCUT2D eigenvalue weighted by Gasteiger charge is -2.18. The summed E-state index contributed by atoms with van der Waals surface area (Å²) in [7, 11) is 1.90. The van der Waals surface area contributed by atoms with E-state index in [2.05, 4.69) is 43.4 Å². The van der Waals surface area contributed by atoms with Crippen LogP contribution in [0.15, 0.2) is 48.5 Å². The Bertz CT molecular complexity index is 566. The van der Waals surface area contributed by atoms with Crippen LogP contribution in [0, 0.1) is 5.82 Å². The molecule has 0 radical (unpaired) electrons. The van der Waals surface area contributed by atoms with Crippen molar-refractivity contribution in [3.05, 3.63) is 65.5 Å². The maximum atomic E-state index is 13.1. The van der Waals surface area contributed by atoms with E-state index < -0.39 is 0 Å². The Morgan fingerprint density at radius 1 is 1.05 bits per heavy atom. The second-order valence-corrected chi connectivity index (χ2v) is 5.43. The van der Waals surface area contributed by atoms with E-state index >= 15 is 0 Å². The van der Waals surface area contributed by atoms with Gasteiger partial charge in [-0.1, -0.05) is 44.2 Å². The van der Waals surface area contributed by atoms with Gasteiger partial charge in [0, 0.05) is 6.07 Å². The Kier molecular flexibility index (Phi) is 5.34.